The van der Waals surface area contributed by atoms with Gasteiger partial charge in [0.25, 0.3) is 0 Å². The predicted molar refractivity (Wildman–Crippen MR) is 94.0 cm³/mol. The highest BCUT2D eigenvalue weighted by Gasteiger charge is 2.19. The number of hydrogen-bond donors (Lipinski definition) is 4. The van der Waals surface area contributed by atoms with Crippen molar-refractivity contribution >= 4 is 39.9 Å². The molecule has 1 aromatic heterocycles. The van der Waals surface area contributed by atoms with Gasteiger partial charge in [-0.1, -0.05) is 30.4 Å². The molecule has 0 bridgehead atoms. The number of primary amides is 1. The number of hydrogen-bond acceptors (Lipinski definition) is 3. The monoisotopic (exact) mass is 332 g/mol. The highest BCUT2D eigenvalue weighted by molar-refractivity contribution is 7.80. The number of carbonyl (C=O) groups is 2. The Balaban J connectivity index is 2.11. The van der Waals surface area contributed by atoms with Crippen molar-refractivity contribution < 1.29 is 9.59 Å². The van der Waals surface area contributed by atoms with Gasteiger partial charge in [-0.15, -0.1) is 0 Å². The van der Waals surface area contributed by atoms with E-state index in [9.17, 15) is 9.59 Å². The number of likely N-dealkylation sites (N-methyl/N-ethyl adjacent to an activating group) is 1. The van der Waals surface area contributed by atoms with E-state index in [0.29, 0.717) is 11.4 Å². The lowest BCUT2D eigenvalue weighted by molar-refractivity contribution is -0.125. The molecule has 2 rings (SSSR count). The smallest absolute Gasteiger partial charge is 0.221 e. The molecule has 1 aromatic carbocycles. The number of benzene rings is 1. The number of nitrogens with one attached hydrogen (secondary N) is 3. The van der Waals surface area contributed by atoms with Crippen LogP contribution in [0.15, 0.2) is 30.5 Å². The molecule has 0 saturated heterocycles. The summed E-state index contributed by atoms with van der Waals surface area (Å²) < 4.78 is 0. The van der Waals surface area contributed by atoms with Crippen LogP contribution in [0, 0.1) is 0 Å². The van der Waals surface area contributed by atoms with Gasteiger partial charge in [-0.25, -0.2) is 0 Å². The van der Waals surface area contributed by atoms with E-state index in [2.05, 4.69) is 15.6 Å². The van der Waals surface area contributed by atoms with Gasteiger partial charge in [0.1, 0.15) is 0 Å². The van der Waals surface area contributed by atoms with Gasteiger partial charge in [0.15, 0.2) is 0 Å². The summed E-state index contributed by atoms with van der Waals surface area (Å²) in [4.78, 5) is 26.5. The van der Waals surface area contributed by atoms with Crippen molar-refractivity contribution in [1.29, 1.82) is 0 Å². The van der Waals surface area contributed by atoms with Gasteiger partial charge in [0.2, 0.25) is 11.8 Å². The lowest BCUT2D eigenvalue weighted by Gasteiger charge is -2.19. The average Bonchev–Trinajstić information content (AvgIpc) is 2.95. The molecule has 6 nitrogen and oxygen atoms in total. The first-order chi connectivity index (χ1) is 11.0. The van der Waals surface area contributed by atoms with Crippen LogP contribution >= 0.6 is 12.2 Å². The molecule has 122 valence electrons. The van der Waals surface area contributed by atoms with E-state index >= 15 is 0 Å². The van der Waals surface area contributed by atoms with Crippen molar-refractivity contribution in [3.8, 4) is 0 Å². The average molecular weight is 332 g/mol. The van der Waals surface area contributed by atoms with Gasteiger partial charge in [-0.05, 0) is 11.6 Å². The van der Waals surface area contributed by atoms with Crippen LogP contribution in [0.3, 0.4) is 0 Å². The zero-order chi connectivity index (χ0) is 16.8. The molecule has 0 aliphatic carbocycles. The molecule has 23 heavy (non-hydrogen) atoms. The molecule has 0 saturated carbocycles. The summed E-state index contributed by atoms with van der Waals surface area (Å²) in [6.07, 6.45) is 2.57. The molecular weight excluding hydrogens is 312 g/mol. The number of aromatic amines is 1. The molecule has 2 aromatic rings. The molecule has 0 unspecified atom stereocenters. The number of aromatic nitrogens is 1. The van der Waals surface area contributed by atoms with Gasteiger partial charge in [-0.2, -0.15) is 0 Å². The summed E-state index contributed by atoms with van der Waals surface area (Å²) in [5, 5.41) is 6.87. The highest BCUT2D eigenvalue weighted by Crippen LogP contribution is 2.19. The fourth-order valence-electron chi connectivity index (χ4n) is 2.41. The second-order valence-electron chi connectivity index (χ2n) is 5.26. The molecule has 7 heteroatoms. The summed E-state index contributed by atoms with van der Waals surface area (Å²) in [6, 6.07) is 7.61. The van der Waals surface area contributed by atoms with Crippen LogP contribution in [0.4, 0.5) is 0 Å². The summed E-state index contributed by atoms with van der Waals surface area (Å²) in [5.74, 6) is -0.740. The van der Waals surface area contributed by atoms with Gasteiger partial charge in [0.05, 0.1) is 11.0 Å². The third-order valence-corrected chi connectivity index (χ3v) is 4.08. The minimum absolute atomic E-state index is 0.0257. The molecule has 0 aliphatic rings. The Morgan fingerprint density at radius 3 is 2.74 bits per heavy atom. The van der Waals surface area contributed by atoms with E-state index in [1.54, 1.807) is 7.05 Å². The van der Waals surface area contributed by atoms with E-state index < -0.39 is 5.91 Å². The lowest BCUT2D eigenvalue weighted by Crippen LogP contribution is -2.46. The van der Waals surface area contributed by atoms with E-state index in [1.807, 2.05) is 30.5 Å². The summed E-state index contributed by atoms with van der Waals surface area (Å²) in [7, 11) is 1.72. The maximum Gasteiger partial charge on any atom is 0.221 e. The van der Waals surface area contributed by atoms with Crippen LogP contribution in [-0.4, -0.2) is 34.9 Å². The Labute approximate surface area is 139 Å². The largest absolute Gasteiger partial charge is 0.381 e. The molecule has 0 spiro atoms. The van der Waals surface area contributed by atoms with E-state index in [1.165, 1.54) is 0 Å². The maximum absolute atomic E-state index is 12.0. The SMILES string of the molecule is CNC(=S)[C@H](Cc1c[nH]c2ccccc12)NC(=O)CCC(N)=O. The Kier molecular flexibility index (Phi) is 5.70. The van der Waals surface area contributed by atoms with Crippen LogP contribution < -0.4 is 16.4 Å². The van der Waals surface area contributed by atoms with E-state index in [-0.39, 0.29) is 24.8 Å². The van der Waals surface area contributed by atoms with E-state index in [4.69, 9.17) is 18.0 Å². The lowest BCUT2D eigenvalue weighted by atomic mass is 10.0. The number of amides is 2. The Morgan fingerprint density at radius 1 is 1.30 bits per heavy atom. The number of carbonyl (C=O) groups excluding carboxylic acids is 2. The second-order valence-corrected chi connectivity index (χ2v) is 5.70. The quantitative estimate of drug-likeness (QED) is 0.569. The summed E-state index contributed by atoms with van der Waals surface area (Å²) in [6.45, 7) is 0. The summed E-state index contributed by atoms with van der Waals surface area (Å²) in [5.41, 5.74) is 7.17. The number of rotatable bonds is 7. The number of thiocarbonyl (C=S) groups is 1. The normalized spacial score (nSPS) is 11.9. The first-order valence-electron chi connectivity index (χ1n) is 7.35. The number of nitrogens with two attached hydrogens (primary N) is 1. The molecule has 0 fully saturated rings. The van der Waals surface area contributed by atoms with Crippen molar-refractivity contribution in [2.75, 3.05) is 7.05 Å². The second kappa shape index (κ2) is 7.73. The first-order valence-corrected chi connectivity index (χ1v) is 7.76. The highest BCUT2D eigenvalue weighted by atomic mass is 32.1. The van der Waals surface area contributed by atoms with Crippen molar-refractivity contribution in [2.45, 2.75) is 25.3 Å². The molecule has 1 heterocycles. The van der Waals surface area contributed by atoms with Crippen LogP contribution in [0.5, 0.6) is 0 Å². The molecule has 2 amide bonds. The number of para-hydroxylation sites is 1. The van der Waals surface area contributed by atoms with Crippen LogP contribution in [0.2, 0.25) is 0 Å². The molecule has 5 N–H and O–H groups in total. The first kappa shape index (κ1) is 17.0. The zero-order valence-corrected chi connectivity index (χ0v) is 13.7. The van der Waals surface area contributed by atoms with Gasteiger partial charge in [-0.3, -0.25) is 9.59 Å². The molecular formula is C16H20N4O2S. The topological polar surface area (TPSA) is 100 Å². The molecule has 1 atom stereocenters. The van der Waals surface area contributed by atoms with Crippen molar-refractivity contribution in [3.63, 3.8) is 0 Å². The Morgan fingerprint density at radius 2 is 2.04 bits per heavy atom. The number of H-pyrrole nitrogens is 1. The van der Waals surface area contributed by atoms with Gasteiger partial charge < -0.3 is 21.4 Å². The minimum atomic E-state index is -0.496. The van der Waals surface area contributed by atoms with Crippen molar-refractivity contribution in [1.82, 2.24) is 15.6 Å². The van der Waals surface area contributed by atoms with Crippen LogP contribution in [0.1, 0.15) is 18.4 Å². The van der Waals surface area contributed by atoms with Gasteiger partial charge >= 0.3 is 0 Å². The summed E-state index contributed by atoms with van der Waals surface area (Å²) >= 11 is 5.30. The van der Waals surface area contributed by atoms with Crippen molar-refractivity contribution in [3.05, 3.63) is 36.0 Å². The minimum Gasteiger partial charge on any atom is -0.381 e. The third kappa shape index (κ3) is 4.53. The molecule has 0 aliphatic heterocycles. The molecule has 0 radical (unpaired) electrons. The van der Waals surface area contributed by atoms with Gasteiger partial charge in [0, 0.05) is 43.4 Å². The fraction of sp³-hybridized carbons (Fsp3) is 0.312. The number of fused-ring (bicyclic) bond motifs is 1. The standard InChI is InChI=1S/C16H20N4O2S/c1-18-16(23)13(20-15(22)7-6-14(17)21)8-10-9-19-12-5-3-2-4-11(10)12/h2-5,9,13,19H,6-8H2,1H3,(H2,17,21)(H,18,23)(H,20,22)/t13-/m0/s1. The van der Waals surface area contributed by atoms with Crippen LogP contribution in [0.25, 0.3) is 10.9 Å². The Bertz CT molecular complexity index is 726. The Hall–Kier alpha value is -2.41. The predicted octanol–water partition coefficient (Wildman–Crippen LogP) is 1.01. The zero-order valence-electron chi connectivity index (χ0n) is 12.9. The maximum atomic E-state index is 12.0. The third-order valence-electron chi connectivity index (χ3n) is 3.60. The van der Waals surface area contributed by atoms with Crippen molar-refractivity contribution in [2.24, 2.45) is 5.73 Å². The fourth-order valence-corrected chi connectivity index (χ4v) is 2.55. The van der Waals surface area contributed by atoms with E-state index in [0.717, 1.165) is 16.5 Å². The van der Waals surface area contributed by atoms with Crippen LogP contribution in [-0.2, 0) is 16.0 Å².